The molecule has 4 rings (SSSR count). The maximum atomic E-state index is 14.1. The minimum atomic E-state index is -1.02. The number of fused-ring (bicyclic) bond motifs is 1. The number of hydrogen-bond acceptors (Lipinski definition) is 9. The molecule has 39 heavy (non-hydrogen) atoms. The summed E-state index contributed by atoms with van der Waals surface area (Å²) in [7, 11) is 3.07. The lowest BCUT2D eigenvalue weighted by molar-refractivity contribution is -0.136. The highest BCUT2D eigenvalue weighted by atomic mass is 35.5. The molecule has 0 saturated carbocycles. The van der Waals surface area contributed by atoms with Gasteiger partial charge in [0, 0.05) is 46.8 Å². The van der Waals surface area contributed by atoms with Gasteiger partial charge in [-0.2, -0.15) is 0 Å². The first kappa shape index (κ1) is 28.8. The Morgan fingerprint density at radius 2 is 1.90 bits per heavy atom. The number of carbonyl (C=O) groups excluding carboxylic acids is 1. The maximum Gasteiger partial charge on any atom is 0.310 e. The van der Waals surface area contributed by atoms with Gasteiger partial charge in [-0.15, -0.1) is 21.5 Å². The third kappa shape index (κ3) is 6.33. The van der Waals surface area contributed by atoms with Crippen molar-refractivity contribution in [1.29, 1.82) is 0 Å². The molecule has 2 N–H and O–H groups in total. The van der Waals surface area contributed by atoms with E-state index in [1.165, 1.54) is 14.2 Å². The van der Waals surface area contributed by atoms with Crippen LogP contribution >= 0.6 is 22.9 Å². The van der Waals surface area contributed by atoms with Gasteiger partial charge in [-0.3, -0.25) is 9.59 Å². The fourth-order valence-electron chi connectivity index (χ4n) is 4.44. The summed E-state index contributed by atoms with van der Waals surface area (Å²) in [5.74, 6) is -0.408. The number of methoxy groups -OCH3 is 2. The summed E-state index contributed by atoms with van der Waals surface area (Å²) in [6, 6.07) is 10.6. The van der Waals surface area contributed by atoms with Gasteiger partial charge in [0.25, 0.3) is 5.91 Å². The molecule has 0 radical (unpaired) electrons. The predicted octanol–water partition coefficient (Wildman–Crippen LogP) is 3.92. The standard InChI is InChI=1S/C27H30ClN3O7S/c1-27(2,14-32)13-31-18-9-8-15(28)10-17(18)24(16-6-5-7-19(36-3)25(16)37-4)38-20(26(31)35)11-21-29-30-22(39-21)12-23(33)34/h5-10,20,24,32H,11-14H2,1-4H3,(H,33,34)/t20-,24-/m1/s1. The lowest BCUT2D eigenvalue weighted by Gasteiger charge is -2.32. The molecule has 10 nitrogen and oxygen atoms in total. The summed E-state index contributed by atoms with van der Waals surface area (Å²) in [4.78, 5) is 26.9. The van der Waals surface area contributed by atoms with E-state index in [1.807, 2.05) is 26.0 Å². The second-order valence-corrected chi connectivity index (χ2v) is 11.5. The molecule has 1 aliphatic rings. The smallest absolute Gasteiger partial charge is 0.310 e. The molecular weight excluding hydrogens is 546 g/mol. The Balaban J connectivity index is 1.87. The zero-order valence-corrected chi connectivity index (χ0v) is 23.6. The summed E-state index contributed by atoms with van der Waals surface area (Å²) in [5, 5.41) is 28.5. The van der Waals surface area contributed by atoms with Crippen LogP contribution in [-0.2, 0) is 27.2 Å². The molecule has 0 unspecified atom stereocenters. The van der Waals surface area contributed by atoms with Crippen LogP contribution in [0.1, 0.15) is 41.1 Å². The van der Waals surface area contributed by atoms with Gasteiger partial charge in [-0.1, -0.05) is 37.6 Å². The van der Waals surface area contributed by atoms with Crippen LogP contribution in [0.25, 0.3) is 0 Å². The van der Waals surface area contributed by atoms with Crippen LogP contribution in [0.2, 0.25) is 5.02 Å². The Morgan fingerprint density at radius 3 is 2.56 bits per heavy atom. The quantitative estimate of drug-likeness (QED) is 0.369. The number of halogens is 1. The molecule has 1 aromatic heterocycles. The molecule has 2 heterocycles. The fraction of sp³-hybridized carbons (Fsp3) is 0.407. The third-order valence-electron chi connectivity index (χ3n) is 6.31. The molecule has 0 saturated heterocycles. The number of aliphatic hydroxyl groups is 1. The summed E-state index contributed by atoms with van der Waals surface area (Å²) in [6.07, 6.45) is -2.00. The first-order valence-electron chi connectivity index (χ1n) is 12.2. The minimum absolute atomic E-state index is 0.0661. The number of benzene rings is 2. The van der Waals surface area contributed by atoms with E-state index in [4.69, 9.17) is 30.9 Å². The summed E-state index contributed by atoms with van der Waals surface area (Å²) in [5.41, 5.74) is 1.24. The molecule has 3 aromatic rings. The monoisotopic (exact) mass is 575 g/mol. The Bertz CT molecular complexity index is 1360. The van der Waals surface area contributed by atoms with Crippen molar-refractivity contribution in [2.75, 3.05) is 32.3 Å². The molecule has 208 valence electrons. The highest BCUT2D eigenvalue weighted by Crippen LogP contribution is 2.45. The van der Waals surface area contributed by atoms with E-state index in [9.17, 15) is 14.7 Å². The van der Waals surface area contributed by atoms with Crippen molar-refractivity contribution in [3.8, 4) is 11.5 Å². The number of para-hydroxylation sites is 1. The number of ether oxygens (including phenoxy) is 3. The summed E-state index contributed by atoms with van der Waals surface area (Å²) in [6.45, 7) is 3.79. The van der Waals surface area contributed by atoms with Gasteiger partial charge in [0.05, 0.1) is 20.6 Å². The van der Waals surface area contributed by atoms with E-state index in [0.717, 1.165) is 11.3 Å². The Hall–Kier alpha value is -3.25. The normalized spacial score (nSPS) is 17.5. The molecule has 12 heteroatoms. The Kier molecular flexibility index (Phi) is 8.75. The summed E-state index contributed by atoms with van der Waals surface area (Å²) < 4.78 is 17.8. The largest absolute Gasteiger partial charge is 0.493 e. The van der Waals surface area contributed by atoms with E-state index >= 15 is 0 Å². The number of carboxylic acids is 1. The number of aliphatic carboxylic acids is 1. The number of hydrogen-bond donors (Lipinski definition) is 2. The van der Waals surface area contributed by atoms with Crippen molar-refractivity contribution < 1.29 is 34.0 Å². The van der Waals surface area contributed by atoms with Crippen molar-refractivity contribution in [3.05, 3.63) is 62.6 Å². The van der Waals surface area contributed by atoms with Crippen LogP contribution in [0.3, 0.4) is 0 Å². The average Bonchev–Trinajstić information content (AvgIpc) is 3.30. The van der Waals surface area contributed by atoms with Crippen molar-refractivity contribution in [2.24, 2.45) is 5.41 Å². The van der Waals surface area contributed by atoms with Crippen LogP contribution in [0.15, 0.2) is 36.4 Å². The molecule has 1 amide bonds. The van der Waals surface area contributed by atoms with Crippen LogP contribution in [0.5, 0.6) is 11.5 Å². The van der Waals surface area contributed by atoms with Crippen molar-refractivity contribution in [1.82, 2.24) is 10.2 Å². The van der Waals surface area contributed by atoms with Gasteiger partial charge < -0.3 is 29.3 Å². The lowest BCUT2D eigenvalue weighted by Crippen LogP contribution is -2.45. The van der Waals surface area contributed by atoms with Crippen LogP contribution < -0.4 is 14.4 Å². The van der Waals surface area contributed by atoms with E-state index in [0.29, 0.717) is 43.4 Å². The van der Waals surface area contributed by atoms with Gasteiger partial charge >= 0.3 is 5.97 Å². The van der Waals surface area contributed by atoms with E-state index in [2.05, 4.69) is 10.2 Å². The number of carbonyl (C=O) groups is 2. The summed E-state index contributed by atoms with van der Waals surface area (Å²) >= 11 is 7.57. The molecule has 1 aliphatic heterocycles. The van der Waals surface area contributed by atoms with Gasteiger partial charge in [0.2, 0.25) is 0 Å². The molecule has 0 aliphatic carbocycles. The number of rotatable bonds is 10. The van der Waals surface area contributed by atoms with Crippen molar-refractivity contribution in [2.45, 2.75) is 38.9 Å². The van der Waals surface area contributed by atoms with Gasteiger partial charge in [0.1, 0.15) is 22.2 Å². The third-order valence-corrected chi connectivity index (χ3v) is 7.49. The van der Waals surface area contributed by atoms with E-state index < -0.39 is 23.6 Å². The number of aromatic nitrogens is 2. The molecule has 2 aromatic carbocycles. The fourth-order valence-corrected chi connectivity index (χ4v) is 5.48. The predicted molar refractivity (Wildman–Crippen MR) is 146 cm³/mol. The van der Waals surface area contributed by atoms with Crippen molar-refractivity contribution in [3.63, 3.8) is 0 Å². The van der Waals surface area contributed by atoms with Crippen LogP contribution in [0, 0.1) is 5.41 Å². The SMILES string of the molecule is COc1cccc([C@H]2O[C@H](Cc3nnc(CC(=O)O)s3)C(=O)N(CC(C)(C)CO)c3ccc(Cl)cc32)c1OC. The van der Waals surface area contributed by atoms with Gasteiger partial charge in [-0.05, 0) is 24.3 Å². The number of anilines is 1. The molecule has 2 atom stereocenters. The first-order chi connectivity index (χ1) is 18.6. The number of nitrogens with zero attached hydrogens (tertiary/aromatic N) is 3. The highest BCUT2D eigenvalue weighted by Gasteiger charge is 2.40. The van der Waals surface area contributed by atoms with Crippen LogP contribution in [0.4, 0.5) is 5.69 Å². The Labute approximate surface area is 235 Å². The highest BCUT2D eigenvalue weighted by molar-refractivity contribution is 7.11. The van der Waals surface area contributed by atoms with Gasteiger partial charge in [-0.25, -0.2) is 0 Å². The zero-order valence-electron chi connectivity index (χ0n) is 22.0. The van der Waals surface area contributed by atoms with Crippen molar-refractivity contribution >= 4 is 40.5 Å². The lowest BCUT2D eigenvalue weighted by atomic mass is 9.92. The number of amides is 1. The number of carboxylic acid groups (broad SMARTS) is 1. The Morgan fingerprint density at radius 1 is 1.15 bits per heavy atom. The average molecular weight is 576 g/mol. The molecule has 0 bridgehead atoms. The molecule has 0 fully saturated rings. The first-order valence-corrected chi connectivity index (χ1v) is 13.4. The van der Waals surface area contributed by atoms with E-state index in [1.54, 1.807) is 29.2 Å². The topological polar surface area (TPSA) is 131 Å². The second kappa shape index (κ2) is 11.9. The van der Waals surface area contributed by atoms with Crippen LogP contribution in [-0.4, -0.2) is 65.8 Å². The number of aliphatic hydroxyl groups excluding tert-OH is 1. The maximum absolute atomic E-state index is 14.1. The zero-order chi connectivity index (χ0) is 28.3. The minimum Gasteiger partial charge on any atom is -0.493 e. The molecule has 0 spiro atoms. The van der Waals surface area contributed by atoms with Gasteiger partial charge in [0.15, 0.2) is 11.5 Å². The molecular formula is C27H30ClN3O7S. The van der Waals surface area contributed by atoms with E-state index in [-0.39, 0.29) is 31.9 Å². The second-order valence-electron chi connectivity index (χ2n) is 9.90.